The summed E-state index contributed by atoms with van der Waals surface area (Å²) in [4.78, 5) is 18.5. The van der Waals surface area contributed by atoms with Crippen molar-refractivity contribution in [3.05, 3.63) is 58.2 Å². The Morgan fingerprint density at radius 3 is 2.84 bits per heavy atom. The summed E-state index contributed by atoms with van der Waals surface area (Å²) in [6.45, 7) is 6.19. The van der Waals surface area contributed by atoms with E-state index in [1.807, 2.05) is 36.6 Å². The Morgan fingerprint density at radius 2 is 2.16 bits per heavy atom. The molecule has 0 spiro atoms. The van der Waals surface area contributed by atoms with Crippen LogP contribution in [0.25, 0.3) is 21.3 Å². The molecule has 0 aliphatic rings. The van der Waals surface area contributed by atoms with Gasteiger partial charge in [-0.2, -0.15) is 5.26 Å². The van der Waals surface area contributed by atoms with E-state index in [2.05, 4.69) is 17.6 Å². The lowest BCUT2D eigenvalue weighted by Gasteiger charge is -2.10. The molecular weight excluding hydrogens is 350 g/mol. The van der Waals surface area contributed by atoms with Crippen molar-refractivity contribution >= 4 is 33.3 Å². The van der Waals surface area contributed by atoms with E-state index in [9.17, 15) is 4.79 Å². The molecule has 3 rings (SSSR count). The van der Waals surface area contributed by atoms with Gasteiger partial charge in [0.1, 0.15) is 4.83 Å². The molecule has 0 saturated carbocycles. The number of hydrogen-bond donors (Lipinski definition) is 0. The van der Waals surface area contributed by atoms with Crippen LogP contribution in [0.15, 0.2) is 52.3 Å². The Hall–Kier alpha value is -2.36. The largest absolute Gasteiger partial charge is 0.283 e. The second kappa shape index (κ2) is 7.68. The maximum atomic E-state index is 13.1. The van der Waals surface area contributed by atoms with E-state index in [0.717, 1.165) is 16.0 Å². The number of benzene rings is 1. The highest BCUT2D eigenvalue weighted by molar-refractivity contribution is 7.99. The molecule has 126 valence electrons. The van der Waals surface area contributed by atoms with Gasteiger partial charge in [0, 0.05) is 29.7 Å². The van der Waals surface area contributed by atoms with E-state index in [4.69, 9.17) is 5.26 Å². The maximum Gasteiger partial charge on any atom is 0.263 e. The van der Waals surface area contributed by atoms with Crippen molar-refractivity contribution in [1.29, 1.82) is 5.26 Å². The molecule has 3 aromatic rings. The van der Waals surface area contributed by atoms with Crippen molar-refractivity contribution in [3.63, 3.8) is 0 Å². The third-order valence-electron chi connectivity index (χ3n) is 3.78. The fraction of sp³-hybridized carbons (Fsp3) is 0.211. The van der Waals surface area contributed by atoms with Crippen molar-refractivity contribution in [1.82, 2.24) is 9.55 Å². The van der Waals surface area contributed by atoms with Gasteiger partial charge in [-0.1, -0.05) is 47.7 Å². The molecule has 2 heterocycles. The van der Waals surface area contributed by atoms with Crippen LogP contribution in [0.1, 0.15) is 12.0 Å². The normalized spacial score (nSPS) is 10.7. The Kier molecular flexibility index (Phi) is 5.37. The molecule has 0 N–H and O–H groups in total. The van der Waals surface area contributed by atoms with Gasteiger partial charge >= 0.3 is 0 Å². The molecule has 0 saturated heterocycles. The van der Waals surface area contributed by atoms with Crippen molar-refractivity contribution in [2.45, 2.75) is 25.0 Å². The van der Waals surface area contributed by atoms with E-state index in [1.165, 1.54) is 28.7 Å². The first-order chi connectivity index (χ1) is 12.2. The molecule has 0 atom stereocenters. The monoisotopic (exact) mass is 367 g/mol. The van der Waals surface area contributed by atoms with Crippen LogP contribution < -0.4 is 5.56 Å². The SMILES string of the molecule is C=CCn1c(SCCC#N)nc2scc(-c3ccc(C)cc3)c2c1=O. The van der Waals surface area contributed by atoms with E-state index < -0.39 is 0 Å². The second-order valence-corrected chi connectivity index (χ2v) is 7.47. The number of allylic oxidation sites excluding steroid dienone is 1. The van der Waals surface area contributed by atoms with Gasteiger partial charge in [0.25, 0.3) is 5.56 Å². The summed E-state index contributed by atoms with van der Waals surface area (Å²) in [5.74, 6) is 0.613. The van der Waals surface area contributed by atoms with Gasteiger partial charge in [-0.25, -0.2) is 4.98 Å². The lowest BCUT2D eigenvalue weighted by molar-refractivity contribution is 0.673. The molecule has 1 aromatic carbocycles. The molecule has 0 bridgehead atoms. The Labute approximate surface area is 154 Å². The molecule has 2 aromatic heterocycles. The molecule has 25 heavy (non-hydrogen) atoms. The first-order valence-corrected chi connectivity index (χ1v) is 9.72. The second-order valence-electron chi connectivity index (χ2n) is 5.55. The van der Waals surface area contributed by atoms with Gasteiger partial charge in [-0.15, -0.1) is 17.9 Å². The third-order valence-corrected chi connectivity index (χ3v) is 5.63. The lowest BCUT2D eigenvalue weighted by atomic mass is 10.1. The number of fused-ring (bicyclic) bond motifs is 1. The van der Waals surface area contributed by atoms with Crippen molar-refractivity contribution in [2.24, 2.45) is 0 Å². The number of thiophene rings is 1. The average Bonchev–Trinajstić information content (AvgIpc) is 3.03. The number of aryl methyl sites for hydroxylation is 1. The molecule has 0 aliphatic heterocycles. The van der Waals surface area contributed by atoms with Crippen molar-refractivity contribution in [2.75, 3.05) is 5.75 Å². The highest BCUT2D eigenvalue weighted by atomic mass is 32.2. The average molecular weight is 367 g/mol. The summed E-state index contributed by atoms with van der Waals surface area (Å²) < 4.78 is 1.64. The highest BCUT2D eigenvalue weighted by Crippen LogP contribution is 2.32. The van der Waals surface area contributed by atoms with Crippen LogP contribution in [0.4, 0.5) is 0 Å². The smallest absolute Gasteiger partial charge is 0.263 e. The number of hydrogen-bond acceptors (Lipinski definition) is 5. The maximum absolute atomic E-state index is 13.1. The predicted molar refractivity (Wildman–Crippen MR) is 105 cm³/mol. The van der Waals surface area contributed by atoms with E-state index in [1.54, 1.807) is 10.6 Å². The molecule has 0 amide bonds. The lowest BCUT2D eigenvalue weighted by Crippen LogP contribution is -2.22. The van der Waals surface area contributed by atoms with Crippen LogP contribution in [0.3, 0.4) is 0 Å². The van der Waals surface area contributed by atoms with Crippen LogP contribution in [0, 0.1) is 18.3 Å². The van der Waals surface area contributed by atoms with Crippen molar-refractivity contribution in [3.8, 4) is 17.2 Å². The van der Waals surface area contributed by atoms with Crippen molar-refractivity contribution < 1.29 is 0 Å². The van der Waals surface area contributed by atoms with Gasteiger partial charge in [0.15, 0.2) is 5.16 Å². The minimum atomic E-state index is -0.0545. The first kappa shape index (κ1) is 17.5. The number of rotatable bonds is 6. The zero-order valence-electron chi connectivity index (χ0n) is 13.9. The van der Waals surface area contributed by atoms with Crippen LogP contribution in [0.2, 0.25) is 0 Å². The number of thioether (sulfide) groups is 1. The van der Waals surface area contributed by atoms with Gasteiger partial charge in [-0.3, -0.25) is 9.36 Å². The minimum Gasteiger partial charge on any atom is -0.283 e. The highest BCUT2D eigenvalue weighted by Gasteiger charge is 2.16. The summed E-state index contributed by atoms with van der Waals surface area (Å²) in [7, 11) is 0. The van der Waals surface area contributed by atoms with Crippen LogP contribution in [0.5, 0.6) is 0 Å². The molecule has 0 unspecified atom stereocenters. The minimum absolute atomic E-state index is 0.0545. The summed E-state index contributed by atoms with van der Waals surface area (Å²) in [6.07, 6.45) is 2.12. The number of nitriles is 1. The first-order valence-electron chi connectivity index (χ1n) is 7.85. The number of aromatic nitrogens is 2. The standard InChI is InChI=1S/C19H17N3OS2/c1-3-10-22-18(23)16-15(14-7-5-13(2)6-8-14)12-25-17(16)21-19(22)24-11-4-9-20/h3,5-8,12H,1,4,10-11H2,2H3. The molecule has 4 nitrogen and oxygen atoms in total. The predicted octanol–water partition coefficient (Wildman–Crippen LogP) is 4.63. The Balaban J connectivity index is 2.16. The van der Waals surface area contributed by atoms with E-state index in [0.29, 0.717) is 29.3 Å². The van der Waals surface area contributed by atoms with Crippen LogP contribution >= 0.6 is 23.1 Å². The summed E-state index contributed by atoms with van der Waals surface area (Å²) in [5.41, 5.74) is 3.07. The molecule has 0 fully saturated rings. The van der Waals surface area contributed by atoms with Gasteiger partial charge in [-0.05, 0) is 12.5 Å². The summed E-state index contributed by atoms with van der Waals surface area (Å²) in [5, 5.41) is 12.0. The quantitative estimate of drug-likeness (QED) is 0.276. The summed E-state index contributed by atoms with van der Waals surface area (Å²) >= 11 is 2.91. The topological polar surface area (TPSA) is 58.7 Å². The van der Waals surface area contributed by atoms with Gasteiger partial charge in [0.05, 0.1) is 11.5 Å². The fourth-order valence-electron chi connectivity index (χ4n) is 2.54. The Morgan fingerprint density at radius 1 is 1.40 bits per heavy atom. The van der Waals surface area contributed by atoms with E-state index >= 15 is 0 Å². The number of nitrogens with zero attached hydrogens (tertiary/aromatic N) is 3. The summed E-state index contributed by atoms with van der Waals surface area (Å²) in [6, 6.07) is 10.3. The van der Waals surface area contributed by atoms with Crippen LogP contribution in [-0.2, 0) is 6.54 Å². The van der Waals surface area contributed by atoms with Gasteiger partial charge in [0.2, 0.25) is 0 Å². The fourth-order valence-corrected chi connectivity index (χ4v) is 4.38. The zero-order chi connectivity index (χ0) is 17.8. The molecule has 0 aliphatic carbocycles. The van der Waals surface area contributed by atoms with E-state index in [-0.39, 0.29) is 5.56 Å². The van der Waals surface area contributed by atoms with Crippen LogP contribution in [-0.4, -0.2) is 15.3 Å². The molecule has 0 radical (unpaired) electrons. The molecule has 6 heteroatoms. The molecular formula is C19H17N3OS2. The Bertz CT molecular complexity index is 1010. The third kappa shape index (κ3) is 3.53. The van der Waals surface area contributed by atoms with Gasteiger partial charge < -0.3 is 0 Å². The zero-order valence-corrected chi connectivity index (χ0v) is 15.5.